The number of nitrogens with one attached hydrogen (secondary N) is 1. The second-order valence-electron chi connectivity index (χ2n) is 3.37. The van der Waals surface area contributed by atoms with E-state index >= 15 is 0 Å². The highest BCUT2D eigenvalue weighted by Crippen LogP contribution is 1.94. The van der Waals surface area contributed by atoms with Crippen LogP contribution >= 0.6 is 0 Å². The van der Waals surface area contributed by atoms with Gasteiger partial charge in [0, 0.05) is 13.3 Å². The third-order valence-corrected chi connectivity index (χ3v) is 1.96. The van der Waals surface area contributed by atoms with E-state index in [-0.39, 0.29) is 12.5 Å². The van der Waals surface area contributed by atoms with Gasteiger partial charge in [-0.2, -0.15) is 0 Å². The molecule has 0 saturated carbocycles. The van der Waals surface area contributed by atoms with Gasteiger partial charge in [0.05, 0.1) is 18.8 Å². The third kappa shape index (κ3) is 3.92. The van der Waals surface area contributed by atoms with Gasteiger partial charge in [0.2, 0.25) is 5.91 Å². The average molecular weight is 224 g/mol. The molecular weight excluding hydrogens is 208 g/mol. The molecule has 0 spiro atoms. The minimum absolute atomic E-state index is 0.203. The van der Waals surface area contributed by atoms with Crippen molar-refractivity contribution in [3.8, 4) is 0 Å². The molecule has 88 valence electrons. The highest BCUT2D eigenvalue weighted by Gasteiger charge is 2.12. The molecule has 0 aliphatic carbocycles. The van der Waals surface area contributed by atoms with Gasteiger partial charge in [-0.15, -0.1) is 0 Å². The predicted molar refractivity (Wildman–Crippen MR) is 58.5 cm³/mol. The molecule has 0 bridgehead atoms. The number of aryl methyl sites for hydroxylation is 1. The SMILES string of the molecule is COCC(N)C(=O)NCc1ccnc(C)n1. The van der Waals surface area contributed by atoms with Crippen molar-refractivity contribution in [2.75, 3.05) is 13.7 Å². The summed E-state index contributed by atoms with van der Waals surface area (Å²) in [7, 11) is 1.50. The Morgan fingerprint density at radius 3 is 3.06 bits per heavy atom. The summed E-state index contributed by atoms with van der Waals surface area (Å²) in [6.45, 7) is 2.34. The van der Waals surface area contributed by atoms with Gasteiger partial charge < -0.3 is 15.8 Å². The first kappa shape index (κ1) is 12.5. The Morgan fingerprint density at radius 2 is 2.44 bits per heavy atom. The average Bonchev–Trinajstić information content (AvgIpc) is 2.26. The topological polar surface area (TPSA) is 90.1 Å². The number of rotatable bonds is 5. The van der Waals surface area contributed by atoms with Crippen LogP contribution in [-0.2, 0) is 16.1 Å². The Bertz CT molecular complexity index is 356. The number of hydrogen-bond donors (Lipinski definition) is 2. The second kappa shape index (κ2) is 6.14. The van der Waals surface area contributed by atoms with Gasteiger partial charge in [0.1, 0.15) is 11.9 Å². The summed E-state index contributed by atoms with van der Waals surface area (Å²) in [4.78, 5) is 19.5. The number of nitrogens with zero attached hydrogens (tertiary/aromatic N) is 2. The minimum atomic E-state index is -0.645. The number of hydrogen-bond acceptors (Lipinski definition) is 5. The molecule has 0 aliphatic rings. The van der Waals surface area contributed by atoms with Crippen LogP contribution in [0, 0.1) is 6.92 Å². The van der Waals surface area contributed by atoms with Crippen molar-refractivity contribution >= 4 is 5.91 Å². The van der Waals surface area contributed by atoms with Crippen LogP contribution in [0.2, 0.25) is 0 Å². The molecule has 6 heteroatoms. The maximum absolute atomic E-state index is 11.4. The van der Waals surface area contributed by atoms with Gasteiger partial charge in [0.25, 0.3) is 0 Å². The van der Waals surface area contributed by atoms with Gasteiger partial charge >= 0.3 is 0 Å². The Kier molecular flexibility index (Phi) is 4.81. The number of carbonyl (C=O) groups is 1. The highest BCUT2D eigenvalue weighted by atomic mass is 16.5. The Morgan fingerprint density at radius 1 is 1.69 bits per heavy atom. The standard InChI is InChI=1S/C10H16N4O2/c1-7-12-4-3-8(14-7)5-13-10(15)9(11)6-16-2/h3-4,9H,5-6,11H2,1-2H3,(H,13,15). The summed E-state index contributed by atoms with van der Waals surface area (Å²) in [5.41, 5.74) is 6.31. The summed E-state index contributed by atoms with van der Waals surface area (Å²) in [5.74, 6) is 0.422. The van der Waals surface area contributed by atoms with Crippen LogP contribution in [-0.4, -0.2) is 35.6 Å². The molecule has 0 aliphatic heterocycles. The van der Waals surface area contributed by atoms with Crippen molar-refractivity contribution in [3.05, 3.63) is 23.8 Å². The van der Waals surface area contributed by atoms with Crippen LogP contribution in [0.3, 0.4) is 0 Å². The van der Waals surface area contributed by atoms with Crippen molar-refractivity contribution < 1.29 is 9.53 Å². The van der Waals surface area contributed by atoms with E-state index in [1.54, 1.807) is 19.2 Å². The van der Waals surface area contributed by atoms with E-state index < -0.39 is 6.04 Å². The highest BCUT2D eigenvalue weighted by molar-refractivity contribution is 5.81. The zero-order chi connectivity index (χ0) is 12.0. The number of nitrogens with two attached hydrogens (primary N) is 1. The largest absolute Gasteiger partial charge is 0.383 e. The maximum Gasteiger partial charge on any atom is 0.239 e. The fraction of sp³-hybridized carbons (Fsp3) is 0.500. The van der Waals surface area contributed by atoms with Crippen LogP contribution in [0.4, 0.5) is 0 Å². The first-order chi connectivity index (χ1) is 7.63. The maximum atomic E-state index is 11.4. The molecule has 0 radical (unpaired) electrons. The molecule has 0 aromatic carbocycles. The van der Waals surface area contributed by atoms with Crippen LogP contribution in [0.15, 0.2) is 12.3 Å². The second-order valence-corrected chi connectivity index (χ2v) is 3.37. The lowest BCUT2D eigenvalue weighted by atomic mass is 10.3. The number of aromatic nitrogens is 2. The molecule has 3 N–H and O–H groups in total. The zero-order valence-corrected chi connectivity index (χ0v) is 9.43. The molecule has 1 aromatic rings. The molecule has 1 aromatic heterocycles. The van der Waals surface area contributed by atoms with E-state index in [1.165, 1.54) is 7.11 Å². The van der Waals surface area contributed by atoms with Gasteiger partial charge in [-0.25, -0.2) is 9.97 Å². The van der Waals surface area contributed by atoms with E-state index in [9.17, 15) is 4.79 Å². The summed E-state index contributed by atoms with van der Waals surface area (Å²) in [6.07, 6.45) is 1.65. The van der Waals surface area contributed by atoms with Gasteiger partial charge in [0.15, 0.2) is 0 Å². The molecule has 1 unspecified atom stereocenters. The van der Waals surface area contributed by atoms with Gasteiger partial charge in [-0.3, -0.25) is 4.79 Å². The summed E-state index contributed by atoms with van der Waals surface area (Å²) >= 11 is 0. The fourth-order valence-electron chi connectivity index (χ4n) is 1.17. The van der Waals surface area contributed by atoms with Crippen molar-refractivity contribution in [2.24, 2.45) is 5.73 Å². The van der Waals surface area contributed by atoms with Crippen LogP contribution in [0.5, 0.6) is 0 Å². The molecule has 1 rings (SSSR count). The van der Waals surface area contributed by atoms with E-state index in [4.69, 9.17) is 10.5 Å². The number of methoxy groups -OCH3 is 1. The molecule has 16 heavy (non-hydrogen) atoms. The lowest BCUT2D eigenvalue weighted by Gasteiger charge is -2.10. The number of carbonyl (C=O) groups excluding carboxylic acids is 1. The van der Waals surface area contributed by atoms with Crippen LogP contribution in [0.25, 0.3) is 0 Å². The van der Waals surface area contributed by atoms with E-state index in [0.29, 0.717) is 12.4 Å². The van der Waals surface area contributed by atoms with Crippen molar-refractivity contribution in [3.63, 3.8) is 0 Å². The summed E-state index contributed by atoms with van der Waals surface area (Å²) < 4.78 is 4.78. The van der Waals surface area contributed by atoms with Crippen molar-refractivity contribution in [2.45, 2.75) is 19.5 Å². The zero-order valence-electron chi connectivity index (χ0n) is 9.43. The molecule has 1 amide bonds. The van der Waals surface area contributed by atoms with E-state index in [2.05, 4.69) is 15.3 Å². The Balaban J connectivity index is 2.42. The monoisotopic (exact) mass is 224 g/mol. The van der Waals surface area contributed by atoms with Crippen molar-refractivity contribution in [1.82, 2.24) is 15.3 Å². The Labute approximate surface area is 94.2 Å². The lowest BCUT2D eigenvalue weighted by molar-refractivity contribution is -0.123. The van der Waals surface area contributed by atoms with Crippen molar-refractivity contribution in [1.29, 1.82) is 0 Å². The smallest absolute Gasteiger partial charge is 0.239 e. The molecule has 1 heterocycles. The van der Waals surface area contributed by atoms with Gasteiger partial charge in [-0.1, -0.05) is 0 Å². The molecular formula is C10H16N4O2. The molecule has 0 fully saturated rings. The fourth-order valence-corrected chi connectivity index (χ4v) is 1.17. The van der Waals surface area contributed by atoms with Gasteiger partial charge in [-0.05, 0) is 13.0 Å². The third-order valence-electron chi connectivity index (χ3n) is 1.96. The van der Waals surface area contributed by atoms with E-state index in [1.807, 2.05) is 0 Å². The predicted octanol–water partition coefficient (Wildman–Crippen LogP) is -0.625. The molecule has 6 nitrogen and oxygen atoms in total. The molecule has 0 saturated heterocycles. The number of amides is 1. The van der Waals surface area contributed by atoms with Crippen LogP contribution in [0.1, 0.15) is 11.5 Å². The lowest BCUT2D eigenvalue weighted by Crippen LogP contribution is -2.43. The molecule has 1 atom stereocenters. The minimum Gasteiger partial charge on any atom is -0.383 e. The first-order valence-corrected chi connectivity index (χ1v) is 4.94. The first-order valence-electron chi connectivity index (χ1n) is 4.94. The quantitative estimate of drug-likeness (QED) is 0.695. The number of ether oxygens (including phenoxy) is 1. The summed E-state index contributed by atoms with van der Waals surface area (Å²) in [6, 6.07) is 1.10. The summed E-state index contributed by atoms with van der Waals surface area (Å²) in [5, 5.41) is 2.68. The van der Waals surface area contributed by atoms with Crippen LogP contribution < -0.4 is 11.1 Å². The Hall–Kier alpha value is -1.53. The van der Waals surface area contributed by atoms with E-state index in [0.717, 1.165) is 5.69 Å². The normalized spacial score (nSPS) is 12.2.